The molecule has 110 valence electrons. The average Bonchev–Trinajstić information content (AvgIpc) is 3.36. The number of anilines is 1. The van der Waals surface area contributed by atoms with Gasteiger partial charge < -0.3 is 15.0 Å². The average molecular weight is 274 g/mol. The van der Waals surface area contributed by atoms with Gasteiger partial charge in [0.15, 0.2) is 0 Å². The highest BCUT2D eigenvalue weighted by molar-refractivity contribution is 5.53. The zero-order chi connectivity index (χ0) is 13.8. The fraction of sp³-hybridized carbons (Fsp3) is 0.647. The molecule has 2 saturated carbocycles. The number of likely N-dealkylation sites (N-methyl/N-ethyl adjacent to an activating group) is 1. The SMILES string of the molecule is CN(CCOCC1CC1)c1ccccc1CNC1CC1. The molecule has 2 fully saturated rings. The molecule has 1 N–H and O–H groups in total. The lowest BCUT2D eigenvalue weighted by atomic mass is 10.1. The topological polar surface area (TPSA) is 24.5 Å². The van der Waals surface area contributed by atoms with Gasteiger partial charge >= 0.3 is 0 Å². The van der Waals surface area contributed by atoms with Gasteiger partial charge in [0, 0.05) is 38.5 Å². The Bertz CT molecular complexity index is 427. The van der Waals surface area contributed by atoms with E-state index < -0.39 is 0 Å². The third-order valence-corrected chi connectivity index (χ3v) is 4.18. The summed E-state index contributed by atoms with van der Waals surface area (Å²) < 4.78 is 5.74. The first-order valence-corrected chi connectivity index (χ1v) is 7.93. The number of rotatable bonds is 9. The molecule has 0 bridgehead atoms. The van der Waals surface area contributed by atoms with Crippen LogP contribution in [0.25, 0.3) is 0 Å². The second-order valence-corrected chi connectivity index (χ2v) is 6.22. The van der Waals surface area contributed by atoms with E-state index in [1.165, 1.54) is 36.9 Å². The Morgan fingerprint density at radius 1 is 1.20 bits per heavy atom. The Kier molecular flexibility index (Phi) is 4.58. The maximum atomic E-state index is 5.74. The van der Waals surface area contributed by atoms with Crippen molar-refractivity contribution < 1.29 is 4.74 Å². The van der Waals surface area contributed by atoms with E-state index in [1.807, 2.05) is 0 Å². The van der Waals surface area contributed by atoms with Crippen molar-refractivity contribution in [3.8, 4) is 0 Å². The molecular formula is C17H26N2O. The highest BCUT2D eigenvalue weighted by atomic mass is 16.5. The van der Waals surface area contributed by atoms with Crippen molar-refractivity contribution in [2.75, 3.05) is 31.7 Å². The normalized spacial score (nSPS) is 18.2. The smallest absolute Gasteiger partial charge is 0.0641 e. The molecule has 0 radical (unpaired) electrons. The maximum Gasteiger partial charge on any atom is 0.0641 e. The van der Waals surface area contributed by atoms with E-state index >= 15 is 0 Å². The quantitative estimate of drug-likeness (QED) is 0.701. The second-order valence-electron chi connectivity index (χ2n) is 6.22. The molecule has 20 heavy (non-hydrogen) atoms. The molecule has 2 aliphatic rings. The summed E-state index contributed by atoms with van der Waals surface area (Å²) in [6.07, 6.45) is 5.41. The molecule has 0 amide bonds. The predicted molar refractivity (Wildman–Crippen MR) is 83.1 cm³/mol. The zero-order valence-electron chi connectivity index (χ0n) is 12.5. The van der Waals surface area contributed by atoms with Crippen LogP contribution < -0.4 is 10.2 Å². The van der Waals surface area contributed by atoms with Crippen molar-refractivity contribution >= 4 is 5.69 Å². The largest absolute Gasteiger partial charge is 0.379 e. The lowest BCUT2D eigenvalue weighted by Crippen LogP contribution is -2.25. The monoisotopic (exact) mass is 274 g/mol. The molecule has 1 aromatic carbocycles. The minimum absolute atomic E-state index is 0.759. The minimum atomic E-state index is 0.759. The number of hydrogen-bond acceptors (Lipinski definition) is 3. The molecule has 1 aromatic rings. The van der Waals surface area contributed by atoms with E-state index in [-0.39, 0.29) is 0 Å². The summed E-state index contributed by atoms with van der Waals surface area (Å²) in [5.41, 5.74) is 2.72. The molecule has 3 rings (SSSR count). The number of para-hydroxylation sites is 1. The Labute approximate surface area is 122 Å². The van der Waals surface area contributed by atoms with Gasteiger partial charge in [-0.15, -0.1) is 0 Å². The van der Waals surface area contributed by atoms with Gasteiger partial charge in [-0.3, -0.25) is 0 Å². The number of ether oxygens (including phenoxy) is 1. The summed E-state index contributed by atoms with van der Waals surface area (Å²) in [6.45, 7) is 3.73. The van der Waals surface area contributed by atoms with Crippen LogP contribution in [0.2, 0.25) is 0 Å². The zero-order valence-corrected chi connectivity index (χ0v) is 12.5. The standard InChI is InChI=1S/C17H26N2O/c1-19(10-11-20-13-14-6-7-14)17-5-3-2-4-15(17)12-18-16-8-9-16/h2-5,14,16,18H,6-13H2,1H3. The van der Waals surface area contributed by atoms with E-state index in [4.69, 9.17) is 4.74 Å². The van der Waals surface area contributed by atoms with E-state index in [0.29, 0.717) is 0 Å². The molecular weight excluding hydrogens is 248 g/mol. The molecule has 0 unspecified atom stereocenters. The van der Waals surface area contributed by atoms with Crippen molar-refractivity contribution in [2.45, 2.75) is 38.3 Å². The summed E-state index contributed by atoms with van der Waals surface area (Å²) >= 11 is 0. The summed E-state index contributed by atoms with van der Waals surface area (Å²) in [5, 5.41) is 3.60. The molecule has 3 nitrogen and oxygen atoms in total. The molecule has 0 aliphatic heterocycles. The van der Waals surface area contributed by atoms with Crippen LogP contribution in [0.5, 0.6) is 0 Å². The fourth-order valence-corrected chi connectivity index (χ4v) is 2.43. The van der Waals surface area contributed by atoms with Gasteiger partial charge in [-0.25, -0.2) is 0 Å². The number of benzene rings is 1. The highest BCUT2D eigenvalue weighted by Gasteiger charge is 2.21. The number of hydrogen-bond donors (Lipinski definition) is 1. The first-order chi connectivity index (χ1) is 9.83. The van der Waals surface area contributed by atoms with Crippen molar-refractivity contribution in [1.29, 1.82) is 0 Å². The van der Waals surface area contributed by atoms with Crippen LogP contribution in [0.1, 0.15) is 31.2 Å². The van der Waals surface area contributed by atoms with E-state index in [0.717, 1.165) is 38.3 Å². The summed E-state index contributed by atoms with van der Waals surface area (Å²) in [6, 6.07) is 9.45. The first kappa shape index (κ1) is 13.9. The Morgan fingerprint density at radius 3 is 2.75 bits per heavy atom. The summed E-state index contributed by atoms with van der Waals surface area (Å²) in [7, 11) is 2.16. The van der Waals surface area contributed by atoms with Gasteiger partial charge in [0.05, 0.1) is 6.61 Å². The Hall–Kier alpha value is -1.06. The van der Waals surface area contributed by atoms with E-state index in [2.05, 4.69) is 41.5 Å². The molecule has 0 saturated heterocycles. The van der Waals surface area contributed by atoms with Crippen LogP contribution in [-0.2, 0) is 11.3 Å². The van der Waals surface area contributed by atoms with Crippen molar-refractivity contribution in [1.82, 2.24) is 5.32 Å². The third-order valence-electron chi connectivity index (χ3n) is 4.18. The van der Waals surface area contributed by atoms with Gasteiger partial charge in [0.1, 0.15) is 0 Å². The van der Waals surface area contributed by atoms with Gasteiger partial charge in [0.25, 0.3) is 0 Å². The summed E-state index contributed by atoms with van der Waals surface area (Å²) in [4.78, 5) is 2.32. The maximum absolute atomic E-state index is 5.74. The van der Waals surface area contributed by atoms with Gasteiger partial charge in [0.2, 0.25) is 0 Å². The van der Waals surface area contributed by atoms with Crippen LogP contribution in [0.15, 0.2) is 24.3 Å². The van der Waals surface area contributed by atoms with Gasteiger partial charge in [-0.05, 0) is 43.2 Å². The lowest BCUT2D eigenvalue weighted by molar-refractivity contribution is 0.131. The van der Waals surface area contributed by atoms with Crippen LogP contribution in [0.3, 0.4) is 0 Å². The van der Waals surface area contributed by atoms with Crippen LogP contribution in [0.4, 0.5) is 5.69 Å². The molecule has 3 heteroatoms. The first-order valence-electron chi connectivity index (χ1n) is 7.93. The van der Waals surface area contributed by atoms with Crippen LogP contribution in [0, 0.1) is 5.92 Å². The predicted octanol–water partition coefficient (Wildman–Crippen LogP) is 2.80. The third kappa shape index (κ3) is 4.22. The van der Waals surface area contributed by atoms with Crippen LogP contribution >= 0.6 is 0 Å². The second kappa shape index (κ2) is 6.59. The Morgan fingerprint density at radius 2 is 2.00 bits per heavy atom. The molecule has 0 spiro atoms. The number of nitrogens with zero attached hydrogens (tertiary/aromatic N) is 1. The summed E-state index contributed by atoms with van der Waals surface area (Å²) in [5.74, 6) is 0.857. The molecule has 0 heterocycles. The van der Waals surface area contributed by atoms with Crippen LogP contribution in [-0.4, -0.2) is 32.8 Å². The van der Waals surface area contributed by atoms with Crippen molar-refractivity contribution in [3.63, 3.8) is 0 Å². The van der Waals surface area contributed by atoms with Gasteiger partial charge in [-0.1, -0.05) is 18.2 Å². The van der Waals surface area contributed by atoms with E-state index in [1.54, 1.807) is 0 Å². The van der Waals surface area contributed by atoms with Crippen molar-refractivity contribution in [3.05, 3.63) is 29.8 Å². The van der Waals surface area contributed by atoms with E-state index in [9.17, 15) is 0 Å². The number of nitrogens with one attached hydrogen (secondary N) is 1. The highest BCUT2D eigenvalue weighted by Crippen LogP contribution is 2.28. The van der Waals surface area contributed by atoms with Gasteiger partial charge in [-0.2, -0.15) is 0 Å². The minimum Gasteiger partial charge on any atom is -0.379 e. The molecule has 2 aliphatic carbocycles. The van der Waals surface area contributed by atoms with Crippen molar-refractivity contribution in [2.24, 2.45) is 5.92 Å². The molecule has 0 aromatic heterocycles. The molecule has 0 atom stereocenters. The lowest BCUT2D eigenvalue weighted by Gasteiger charge is -2.22. The fourth-order valence-electron chi connectivity index (χ4n) is 2.43. The Balaban J connectivity index is 1.47.